The van der Waals surface area contributed by atoms with Crippen LogP contribution < -0.4 is 5.32 Å². The minimum atomic E-state index is -1.07. The van der Waals surface area contributed by atoms with Gasteiger partial charge in [0.1, 0.15) is 11.5 Å². The largest absolute Gasteiger partial charge is 0.477 e. The standard InChI is InChI=1S/C18H18FNO3/c1-18(2)8-14-16(15(21)9-18)12(7-13(20-14)17(22)23)10-3-5-11(19)6-4-10/h3-7,12,20H,8-9H2,1-2H3,(H,22,23). The molecule has 1 aromatic carbocycles. The van der Waals surface area contributed by atoms with Crippen molar-refractivity contribution in [2.45, 2.75) is 32.6 Å². The van der Waals surface area contributed by atoms with Crippen LogP contribution in [0.1, 0.15) is 38.2 Å². The number of carboxylic acid groups (broad SMARTS) is 1. The molecule has 0 aromatic heterocycles. The zero-order valence-corrected chi connectivity index (χ0v) is 13.0. The smallest absolute Gasteiger partial charge is 0.351 e. The molecule has 120 valence electrons. The van der Waals surface area contributed by atoms with Gasteiger partial charge in [0.25, 0.3) is 0 Å². The number of halogens is 1. The van der Waals surface area contributed by atoms with Crippen LogP contribution in [0.4, 0.5) is 4.39 Å². The van der Waals surface area contributed by atoms with Crippen LogP contribution in [-0.2, 0) is 9.59 Å². The number of benzene rings is 1. The number of hydrogen-bond acceptors (Lipinski definition) is 3. The van der Waals surface area contributed by atoms with Gasteiger partial charge in [-0.15, -0.1) is 0 Å². The van der Waals surface area contributed by atoms with Crippen molar-refractivity contribution in [2.75, 3.05) is 0 Å². The Balaban J connectivity index is 2.11. The minimum Gasteiger partial charge on any atom is -0.477 e. The van der Waals surface area contributed by atoms with Gasteiger partial charge in [0.05, 0.1) is 0 Å². The molecule has 0 bridgehead atoms. The van der Waals surface area contributed by atoms with Crippen molar-refractivity contribution < 1.29 is 19.1 Å². The highest BCUT2D eigenvalue weighted by atomic mass is 19.1. The van der Waals surface area contributed by atoms with E-state index in [1.807, 2.05) is 13.8 Å². The maximum Gasteiger partial charge on any atom is 0.351 e. The van der Waals surface area contributed by atoms with Crippen molar-refractivity contribution in [1.82, 2.24) is 5.32 Å². The zero-order chi connectivity index (χ0) is 16.8. The maximum atomic E-state index is 13.2. The predicted octanol–water partition coefficient (Wildman–Crippen LogP) is 3.12. The number of carbonyl (C=O) groups is 2. The second-order valence-electron chi connectivity index (χ2n) is 6.87. The quantitative estimate of drug-likeness (QED) is 0.880. The minimum absolute atomic E-state index is 0.0127. The summed E-state index contributed by atoms with van der Waals surface area (Å²) in [6.45, 7) is 3.98. The molecule has 0 saturated carbocycles. The summed E-state index contributed by atoms with van der Waals surface area (Å²) in [5.74, 6) is -1.88. The lowest BCUT2D eigenvalue weighted by atomic mass is 9.70. The van der Waals surface area contributed by atoms with Crippen molar-refractivity contribution in [1.29, 1.82) is 0 Å². The van der Waals surface area contributed by atoms with Crippen molar-refractivity contribution in [3.8, 4) is 0 Å². The maximum absolute atomic E-state index is 13.2. The fraction of sp³-hybridized carbons (Fsp3) is 0.333. The van der Waals surface area contributed by atoms with Crippen LogP contribution in [0.5, 0.6) is 0 Å². The van der Waals surface area contributed by atoms with E-state index < -0.39 is 11.9 Å². The molecule has 0 radical (unpaired) electrons. The van der Waals surface area contributed by atoms with E-state index in [2.05, 4.69) is 5.32 Å². The number of dihydropyridines is 1. The van der Waals surface area contributed by atoms with Gasteiger partial charge in [-0.05, 0) is 35.6 Å². The first-order valence-electron chi connectivity index (χ1n) is 7.51. The molecule has 1 unspecified atom stereocenters. The summed E-state index contributed by atoms with van der Waals surface area (Å²) >= 11 is 0. The average Bonchev–Trinajstić information content (AvgIpc) is 2.45. The molecule has 1 aliphatic heterocycles. The molecule has 5 heteroatoms. The van der Waals surface area contributed by atoms with E-state index in [9.17, 15) is 19.1 Å². The molecule has 0 saturated heterocycles. The molecule has 1 aromatic rings. The normalized spacial score (nSPS) is 23.0. The number of Topliss-reactive ketones (excluding diaryl/α,β-unsaturated/α-hetero) is 1. The molecule has 4 nitrogen and oxygen atoms in total. The Morgan fingerprint density at radius 1 is 1.26 bits per heavy atom. The summed E-state index contributed by atoms with van der Waals surface area (Å²) < 4.78 is 13.2. The lowest BCUT2D eigenvalue weighted by Crippen LogP contribution is -2.37. The van der Waals surface area contributed by atoms with Crippen molar-refractivity contribution in [3.05, 3.63) is 58.7 Å². The molecule has 3 rings (SSSR count). The van der Waals surface area contributed by atoms with Gasteiger partial charge in [0, 0.05) is 23.6 Å². The van der Waals surface area contributed by atoms with Crippen LogP contribution in [0.15, 0.2) is 47.3 Å². The van der Waals surface area contributed by atoms with E-state index in [1.54, 1.807) is 12.1 Å². The van der Waals surface area contributed by atoms with Crippen molar-refractivity contribution in [2.24, 2.45) is 5.41 Å². The van der Waals surface area contributed by atoms with Crippen LogP contribution >= 0.6 is 0 Å². The molecule has 1 heterocycles. The predicted molar refractivity (Wildman–Crippen MR) is 83.0 cm³/mol. The molecule has 0 fully saturated rings. The number of nitrogens with one attached hydrogen (secondary N) is 1. The van der Waals surface area contributed by atoms with Gasteiger partial charge < -0.3 is 10.4 Å². The molecule has 0 spiro atoms. The molecular weight excluding hydrogens is 297 g/mol. The van der Waals surface area contributed by atoms with Crippen LogP contribution in [0.2, 0.25) is 0 Å². The summed E-state index contributed by atoms with van der Waals surface area (Å²) in [6.07, 6.45) is 2.56. The van der Waals surface area contributed by atoms with Gasteiger partial charge in [-0.2, -0.15) is 0 Å². The van der Waals surface area contributed by atoms with Crippen molar-refractivity contribution >= 4 is 11.8 Å². The number of ketones is 1. The van der Waals surface area contributed by atoms with Crippen molar-refractivity contribution in [3.63, 3.8) is 0 Å². The van der Waals surface area contributed by atoms with Crippen LogP contribution in [0.25, 0.3) is 0 Å². The molecular formula is C18H18FNO3. The lowest BCUT2D eigenvalue weighted by molar-refractivity contribution is -0.133. The highest BCUT2D eigenvalue weighted by molar-refractivity contribution is 6.01. The first kappa shape index (κ1) is 15.5. The lowest BCUT2D eigenvalue weighted by Gasteiger charge is -2.37. The SMILES string of the molecule is CC1(C)CC(=O)C2=C(C1)NC(C(=O)O)=CC2c1ccc(F)cc1. The van der Waals surface area contributed by atoms with Gasteiger partial charge in [-0.3, -0.25) is 4.79 Å². The molecule has 2 N–H and O–H groups in total. The van der Waals surface area contributed by atoms with E-state index in [0.717, 1.165) is 0 Å². The first-order chi connectivity index (χ1) is 10.8. The summed E-state index contributed by atoms with van der Waals surface area (Å²) in [5.41, 5.74) is 1.83. The summed E-state index contributed by atoms with van der Waals surface area (Å²) in [5, 5.41) is 12.2. The van der Waals surface area contributed by atoms with Gasteiger partial charge in [0.2, 0.25) is 0 Å². The number of aliphatic carboxylic acids is 1. The third kappa shape index (κ3) is 2.91. The molecule has 23 heavy (non-hydrogen) atoms. The molecule has 0 amide bonds. The Kier molecular flexibility index (Phi) is 3.59. The zero-order valence-electron chi connectivity index (χ0n) is 13.0. The molecule has 2 aliphatic rings. The fourth-order valence-corrected chi connectivity index (χ4v) is 3.32. The van der Waals surface area contributed by atoms with Gasteiger partial charge in [-0.1, -0.05) is 26.0 Å². The Bertz CT molecular complexity index is 744. The fourth-order valence-electron chi connectivity index (χ4n) is 3.32. The first-order valence-corrected chi connectivity index (χ1v) is 7.51. The van der Waals surface area contributed by atoms with Crippen LogP contribution in [-0.4, -0.2) is 16.9 Å². The Hall–Kier alpha value is -2.43. The Morgan fingerprint density at radius 3 is 2.52 bits per heavy atom. The van der Waals surface area contributed by atoms with E-state index in [0.29, 0.717) is 29.7 Å². The highest BCUT2D eigenvalue weighted by Gasteiger charge is 2.39. The van der Waals surface area contributed by atoms with Crippen LogP contribution in [0, 0.1) is 11.2 Å². The molecule has 1 atom stereocenters. The monoisotopic (exact) mass is 315 g/mol. The summed E-state index contributed by atoms with van der Waals surface area (Å²) in [6, 6.07) is 5.84. The van der Waals surface area contributed by atoms with Gasteiger partial charge in [-0.25, -0.2) is 9.18 Å². The molecule has 1 aliphatic carbocycles. The Morgan fingerprint density at radius 2 is 1.91 bits per heavy atom. The number of hydrogen-bond donors (Lipinski definition) is 2. The Labute approximate surface area is 133 Å². The topological polar surface area (TPSA) is 66.4 Å². The second kappa shape index (κ2) is 5.33. The highest BCUT2D eigenvalue weighted by Crippen LogP contribution is 2.43. The summed E-state index contributed by atoms with van der Waals surface area (Å²) in [4.78, 5) is 24.0. The number of carboxylic acids is 1. The number of carbonyl (C=O) groups excluding carboxylic acids is 1. The van der Waals surface area contributed by atoms with E-state index in [1.165, 1.54) is 18.2 Å². The van der Waals surface area contributed by atoms with Gasteiger partial charge in [0.15, 0.2) is 5.78 Å². The van der Waals surface area contributed by atoms with Gasteiger partial charge >= 0.3 is 5.97 Å². The summed E-state index contributed by atoms with van der Waals surface area (Å²) in [7, 11) is 0. The number of rotatable bonds is 2. The third-order valence-corrected chi connectivity index (χ3v) is 4.31. The van der Waals surface area contributed by atoms with Crippen LogP contribution in [0.3, 0.4) is 0 Å². The number of allylic oxidation sites excluding steroid dienone is 3. The van der Waals surface area contributed by atoms with E-state index >= 15 is 0 Å². The van der Waals surface area contributed by atoms with E-state index in [-0.39, 0.29) is 22.7 Å². The second-order valence-corrected chi connectivity index (χ2v) is 6.87. The third-order valence-electron chi connectivity index (χ3n) is 4.31. The average molecular weight is 315 g/mol. The van der Waals surface area contributed by atoms with E-state index in [4.69, 9.17) is 0 Å².